The van der Waals surface area contributed by atoms with Gasteiger partial charge in [-0.1, -0.05) is 41.4 Å². The Morgan fingerprint density at radius 1 is 0.903 bits per heavy atom. The minimum Gasteiger partial charge on any atom is -0.497 e. The molecule has 0 bridgehead atoms. The van der Waals surface area contributed by atoms with Crippen LogP contribution < -0.4 is 15.5 Å². The monoisotopic (exact) mass is 455 g/mol. The highest BCUT2D eigenvalue weighted by molar-refractivity contribution is 6.37. The van der Waals surface area contributed by atoms with Gasteiger partial charge in [-0.3, -0.25) is 9.59 Å². The molecule has 0 saturated heterocycles. The fourth-order valence-electron chi connectivity index (χ4n) is 2.72. The molecule has 0 fully saturated rings. The number of methoxy groups -OCH3 is 1. The summed E-state index contributed by atoms with van der Waals surface area (Å²) in [5.41, 5.74) is 5.12. The molecule has 0 aliphatic heterocycles. The first-order valence-corrected chi connectivity index (χ1v) is 9.98. The highest BCUT2D eigenvalue weighted by Crippen LogP contribution is 2.22. The van der Waals surface area contributed by atoms with Crippen LogP contribution in [0.4, 0.5) is 5.69 Å². The Hall–Kier alpha value is -3.35. The van der Waals surface area contributed by atoms with E-state index in [4.69, 9.17) is 27.9 Å². The molecule has 0 aliphatic rings. The van der Waals surface area contributed by atoms with E-state index in [1.807, 2.05) is 6.07 Å². The third-order valence-corrected chi connectivity index (χ3v) is 4.92. The summed E-state index contributed by atoms with van der Waals surface area (Å²) in [6, 6.07) is 18.5. The van der Waals surface area contributed by atoms with Gasteiger partial charge in [-0.25, -0.2) is 5.43 Å². The molecule has 2 N–H and O–H groups in total. The van der Waals surface area contributed by atoms with Crippen molar-refractivity contribution in [3.63, 3.8) is 0 Å². The molecule has 0 heterocycles. The minimum absolute atomic E-state index is 0.263. The molecule has 2 amide bonds. The smallest absolute Gasteiger partial charge is 0.271 e. The summed E-state index contributed by atoms with van der Waals surface area (Å²) in [7, 11) is 1.53. The molecule has 0 aliphatic carbocycles. The maximum absolute atomic E-state index is 12.5. The van der Waals surface area contributed by atoms with E-state index < -0.39 is 0 Å². The quantitative estimate of drug-likeness (QED) is 0.385. The van der Waals surface area contributed by atoms with Crippen molar-refractivity contribution in [2.45, 2.75) is 6.92 Å². The van der Waals surface area contributed by atoms with Gasteiger partial charge in [-0.2, -0.15) is 5.10 Å². The van der Waals surface area contributed by atoms with Crippen molar-refractivity contribution in [1.82, 2.24) is 5.43 Å². The Morgan fingerprint density at radius 3 is 2.39 bits per heavy atom. The fraction of sp³-hybridized carbons (Fsp3) is 0.0870. The summed E-state index contributed by atoms with van der Waals surface area (Å²) < 4.78 is 5.12. The number of ether oxygens (including phenoxy) is 1. The van der Waals surface area contributed by atoms with Crippen molar-refractivity contribution in [3.8, 4) is 5.75 Å². The average Bonchev–Trinajstić information content (AvgIpc) is 2.77. The number of nitrogens with one attached hydrogen (secondary N) is 2. The predicted molar refractivity (Wildman–Crippen MR) is 124 cm³/mol. The standard InChI is InChI=1S/C23H19Cl2N3O3/c1-14(27-28-22(29)16-6-4-8-19(12-16)31-2)15-5-3-7-18(11-15)26-23(30)20-10-9-17(24)13-21(20)25/h3-13H,1-2H3,(H,26,30)(H,28,29). The summed E-state index contributed by atoms with van der Waals surface area (Å²) in [6.07, 6.45) is 0. The molecule has 0 unspecified atom stereocenters. The summed E-state index contributed by atoms with van der Waals surface area (Å²) in [6.45, 7) is 1.75. The number of nitrogens with zero attached hydrogens (tertiary/aromatic N) is 1. The van der Waals surface area contributed by atoms with Crippen LogP contribution in [-0.4, -0.2) is 24.6 Å². The molecule has 8 heteroatoms. The van der Waals surface area contributed by atoms with E-state index >= 15 is 0 Å². The number of carbonyl (C=O) groups is 2. The van der Waals surface area contributed by atoms with E-state index in [1.165, 1.54) is 13.2 Å². The van der Waals surface area contributed by atoms with Crippen molar-refractivity contribution in [1.29, 1.82) is 0 Å². The molecule has 0 radical (unpaired) electrons. The third-order valence-electron chi connectivity index (χ3n) is 4.37. The Kier molecular flexibility index (Phi) is 7.28. The van der Waals surface area contributed by atoms with Crippen LogP contribution in [0.15, 0.2) is 71.8 Å². The molecule has 31 heavy (non-hydrogen) atoms. The summed E-state index contributed by atoms with van der Waals surface area (Å²) in [4.78, 5) is 24.8. The van der Waals surface area contributed by atoms with Crippen molar-refractivity contribution in [2.75, 3.05) is 12.4 Å². The van der Waals surface area contributed by atoms with E-state index in [2.05, 4.69) is 15.8 Å². The number of benzene rings is 3. The summed E-state index contributed by atoms with van der Waals surface area (Å²) in [5, 5.41) is 7.66. The Morgan fingerprint density at radius 2 is 1.65 bits per heavy atom. The van der Waals surface area contributed by atoms with Gasteiger partial charge in [-0.15, -0.1) is 0 Å². The molecule has 158 valence electrons. The van der Waals surface area contributed by atoms with Crippen LogP contribution >= 0.6 is 23.2 Å². The minimum atomic E-state index is -0.361. The number of halogens is 2. The number of amides is 2. The van der Waals surface area contributed by atoms with Crippen LogP contribution in [0.25, 0.3) is 0 Å². The normalized spacial score (nSPS) is 11.0. The second-order valence-electron chi connectivity index (χ2n) is 6.53. The van der Waals surface area contributed by atoms with Crippen LogP contribution in [0.1, 0.15) is 33.2 Å². The molecule has 0 saturated carbocycles. The predicted octanol–water partition coefficient (Wildman–Crippen LogP) is 5.41. The van der Waals surface area contributed by atoms with E-state index in [0.29, 0.717) is 33.3 Å². The second-order valence-corrected chi connectivity index (χ2v) is 7.37. The van der Waals surface area contributed by atoms with Crippen molar-refractivity contribution < 1.29 is 14.3 Å². The zero-order chi connectivity index (χ0) is 22.4. The van der Waals surface area contributed by atoms with Gasteiger partial charge >= 0.3 is 0 Å². The zero-order valence-electron chi connectivity index (χ0n) is 16.8. The van der Waals surface area contributed by atoms with Gasteiger partial charge in [0, 0.05) is 16.3 Å². The average molecular weight is 456 g/mol. The van der Waals surface area contributed by atoms with Gasteiger partial charge in [0.15, 0.2) is 0 Å². The van der Waals surface area contributed by atoms with Crippen LogP contribution in [0.3, 0.4) is 0 Å². The third kappa shape index (κ3) is 5.84. The first kappa shape index (κ1) is 22.3. The lowest BCUT2D eigenvalue weighted by Crippen LogP contribution is -2.19. The first-order chi connectivity index (χ1) is 14.9. The summed E-state index contributed by atoms with van der Waals surface area (Å²) >= 11 is 12.0. The number of carbonyl (C=O) groups excluding carboxylic acids is 2. The molecule has 0 spiro atoms. The van der Waals surface area contributed by atoms with Crippen molar-refractivity contribution >= 4 is 46.4 Å². The van der Waals surface area contributed by atoms with Crippen molar-refractivity contribution in [2.24, 2.45) is 5.10 Å². The number of hydrazone groups is 1. The Bertz CT molecular complexity index is 1160. The van der Waals surface area contributed by atoms with Crippen LogP contribution in [0.5, 0.6) is 5.75 Å². The summed E-state index contributed by atoms with van der Waals surface area (Å²) in [5.74, 6) is -0.141. The van der Waals surface area contributed by atoms with Gasteiger partial charge in [0.1, 0.15) is 5.75 Å². The highest BCUT2D eigenvalue weighted by Gasteiger charge is 2.12. The van der Waals surface area contributed by atoms with E-state index in [1.54, 1.807) is 61.5 Å². The number of anilines is 1. The lowest BCUT2D eigenvalue weighted by Gasteiger charge is -2.09. The fourth-order valence-corrected chi connectivity index (χ4v) is 3.22. The van der Waals surface area contributed by atoms with Gasteiger partial charge in [0.05, 0.1) is 23.4 Å². The van der Waals surface area contributed by atoms with Crippen LogP contribution in [-0.2, 0) is 0 Å². The molecule has 3 aromatic carbocycles. The molecule has 3 aromatic rings. The lowest BCUT2D eigenvalue weighted by molar-refractivity contribution is 0.0953. The largest absolute Gasteiger partial charge is 0.497 e. The van der Waals surface area contributed by atoms with Crippen LogP contribution in [0.2, 0.25) is 10.0 Å². The number of rotatable bonds is 6. The van der Waals surface area contributed by atoms with Gasteiger partial charge in [-0.05, 0) is 61.0 Å². The lowest BCUT2D eigenvalue weighted by atomic mass is 10.1. The molecule has 3 rings (SSSR count). The zero-order valence-corrected chi connectivity index (χ0v) is 18.3. The van der Waals surface area contributed by atoms with E-state index in [0.717, 1.165) is 5.56 Å². The van der Waals surface area contributed by atoms with Crippen molar-refractivity contribution in [3.05, 3.63) is 93.5 Å². The SMILES string of the molecule is COc1cccc(C(=O)NN=C(C)c2cccc(NC(=O)c3ccc(Cl)cc3Cl)c2)c1. The first-order valence-electron chi connectivity index (χ1n) is 9.23. The Labute approximate surface area is 189 Å². The van der Waals surface area contributed by atoms with Gasteiger partial charge in [0.25, 0.3) is 11.8 Å². The molecular weight excluding hydrogens is 437 g/mol. The Balaban J connectivity index is 1.71. The van der Waals surface area contributed by atoms with Gasteiger partial charge in [0.2, 0.25) is 0 Å². The van der Waals surface area contributed by atoms with Gasteiger partial charge < -0.3 is 10.1 Å². The molecule has 0 atom stereocenters. The number of hydrogen-bond acceptors (Lipinski definition) is 4. The topological polar surface area (TPSA) is 79.8 Å². The number of hydrogen-bond donors (Lipinski definition) is 2. The van der Waals surface area contributed by atoms with Crippen LogP contribution in [0, 0.1) is 0 Å². The molecule has 0 aromatic heterocycles. The highest BCUT2D eigenvalue weighted by atomic mass is 35.5. The maximum atomic E-state index is 12.5. The van der Waals surface area contributed by atoms with E-state index in [-0.39, 0.29) is 16.8 Å². The second kappa shape index (κ2) is 10.1. The van der Waals surface area contributed by atoms with E-state index in [9.17, 15) is 9.59 Å². The molecule has 6 nitrogen and oxygen atoms in total. The molecular formula is C23H19Cl2N3O3. The maximum Gasteiger partial charge on any atom is 0.271 e.